The first-order chi connectivity index (χ1) is 9.25. The minimum atomic E-state index is -0.205. The molecule has 1 aromatic carbocycles. The number of para-hydroxylation sites is 1. The molecule has 100 valence electrons. The predicted octanol–water partition coefficient (Wildman–Crippen LogP) is 0.490. The van der Waals surface area contributed by atoms with Gasteiger partial charge in [-0.1, -0.05) is 6.07 Å². The number of carbonyl (C=O) groups excluding carboxylic acids is 2. The van der Waals surface area contributed by atoms with Crippen LogP contribution in [0.4, 0.5) is 5.69 Å². The minimum Gasteiger partial charge on any atom is -0.481 e. The van der Waals surface area contributed by atoms with E-state index in [1.807, 2.05) is 0 Å². The van der Waals surface area contributed by atoms with Crippen molar-refractivity contribution in [2.75, 3.05) is 38.2 Å². The molecule has 0 unspecified atom stereocenters. The van der Waals surface area contributed by atoms with Gasteiger partial charge in [0.2, 0.25) is 0 Å². The van der Waals surface area contributed by atoms with E-state index in [1.165, 1.54) is 0 Å². The van der Waals surface area contributed by atoms with Crippen LogP contribution in [0, 0.1) is 0 Å². The Hall–Kier alpha value is -2.08. The van der Waals surface area contributed by atoms with E-state index in [4.69, 9.17) is 9.47 Å². The van der Waals surface area contributed by atoms with Crippen molar-refractivity contribution in [3.63, 3.8) is 0 Å². The van der Waals surface area contributed by atoms with E-state index < -0.39 is 0 Å². The fourth-order valence-electron chi connectivity index (χ4n) is 2.22. The third-order valence-electron chi connectivity index (χ3n) is 3.17. The van der Waals surface area contributed by atoms with Crippen molar-refractivity contribution in [3.8, 4) is 5.75 Å². The third kappa shape index (κ3) is 2.26. The molecular formula is C13H14N2O4. The van der Waals surface area contributed by atoms with E-state index in [0.717, 1.165) is 0 Å². The smallest absolute Gasteiger partial charge is 0.262 e. The fourth-order valence-corrected chi connectivity index (χ4v) is 2.22. The molecule has 3 rings (SSSR count). The molecule has 0 aliphatic carbocycles. The zero-order chi connectivity index (χ0) is 13.2. The van der Waals surface area contributed by atoms with Gasteiger partial charge in [0.15, 0.2) is 12.4 Å². The van der Waals surface area contributed by atoms with Gasteiger partial charge in [-0.25, -0.2) is 0 Å². The standard InChI is InChI=1S/C13H14N2O4/c16-11-8-19-12-9(2-1-3-10(12)14-11)13(17)15-4-6-18-7-5-15/h1-3H,4-8H2,(H,14,16). The lowest BCUT2D eigenvalue weighted by Gasteiger charge is -2.28. The molecular weight excluding hydrogens is 248 g/mol. The molecule has 2 aliphatic heterocycles. The molecule has 0 spiro atoms. The molecule has 0 saturated carbocycles. The van der Waals surface area contributed by atoms with Gasteiger partial charge in [-0.15, -0.1) is 0 Å². The Bertz CT molecular complexity index is 523. The molecule has 1 N–H and O–H groups in total. The van der Waals surface area contributed by atoms with Crippen LogP contribution in [0.1, 0.15) is 10.4 Å². The number of hydrogen-bond acceptors (Lipinski definition) is 4. The van der Waals surface area contributed by atoms with Gasteiger partial charge in [0.25, 0.3) is 11.8 Å². The largest absolute Gasteiger partial charge is 0.481 e. The van der Waals surface area contributed by atoms with Crippen LogP contribution in [0.5, 0.6) is 5.75 Å². The van der Waals surface area contributed by atoms with E-state index in [9.17, 15) is 9.59 Å². The van der Waals surface area contributed by atoms with E-state index in [0.29, 0.717) is 43.3 Å². The van der Waals surface area contributed by atoms with Gasteiger partial charge in [-0.3, -0.25) is 9.59 Å². The molecule has 2 heterocycles. The number of morpholine rings is 1. The second kappa shape index (κ2) is 4.89. The number of amides is 2. The molecule has 6 heteroatoms. The highest BCUT2D eigenvalue weighted by Crippen LogP contribution is 2.32. The summed E-state index contributed by atoms with van der Waals surface area (Å²) in [7, 11) is 0. The highest BCUT2D eigenvalue weighted by molar-refractivity contribution is 6.03. The number of ether oxygens (including phenoxy) is 2. The summed E-state index contributed by atoms with van der Waals surface area (Å²) in [5, 5.41) is 2.70. The zero-order valence-corrected chi connectivity index (χ0v) is 10.3. The molecule has 1 aromatic rings. The molecule has 0 atom stereocenters. The molecule has 1 fully saturated rings. The average molecular weight is 262 g/mol. The van der Waals surface area contributed by atoms with E-state index in [2.05, 4.69) is 5.32 Å². The molecule has 0 radical (unpaired) electrons. The summed E-state index contributed by atoms with van der Waals surface area (Å²) in [5.74, 6) is 0.165. The van der Waals surface area contributed by atoms with Crippen LogP contribution in [0.15, 0.2) is 18.2 Å². The molecule has 2 aliphatic rings. The molecule has 19 heavy (non-hydrogen) atoms. The number of nitrogens with one attached hydrogen (secondary N) is 1. The average Bonchev–Trinajstić information content (AvgIpc) is 2.46. The summed E-state index contributed by atoms with van der Waals surface area (Å²) in [5.41, 5.74) is 1.04. The summed E-state index contributed by atoms with van der Waals surface area (Å²) in [4.78, 5) is 25.4. The topological polar surface area (TPSA) is 67.9 Å². The number of hydrogen-bond donors (Lipinski definition) is 1. The second-order valence-corrected chi connectivity index (χ2v) is 4.42. The Morgan fingerprint density at radius 3 is 2.84 bits per heavy atom. The van der Waals surface area contributed by atoms with Crippen molar-refractivity contribution < 1.29 is 19.1 Å². The number of anilines is 1. The van der Waals surface area contributed by atoms with Crippen LogP contribution in [-0.2, 0) is 9.53 Å². The van der Waals surface area contributed by atoms with Gasteiger partial charge in [-0.2, -0.15) is 0 Å². The van der Waals surface area contributed by atoms with E-state index in [1.54, 1.807) is 23.1 Å². The number of carbonyl (C=O) groups is 2. The van der Waals surface area contributed by atoms with Crippen LogP contribution in [0.25, 0.3) is 0 Å². The van der Waals surface area contributed by atoms with Gasteiger partial charge in [-0.05, 0) is 12.1 Å². The highest BCUT2D eigenvalue weighted by atomic mass is 16.5. The van der Waals surface area contributed by atoms with Crippen LogP contribution in [0.2, 0.25) is 0 Å². The van der Waals surface area contributed by atoms with Gasteiger partial charge in [0, 0.05) is 13.1 Å². The lowest BCUT2D eigenvalue weighted by Crippen LogP contribution is -2.41. The zero-order valence-electron chi connectivity index (χ0n) is 10.3. The first-order valence-corrected chi connectivity index (χ1v) is 6.18. The molecule has 1 saturated heterocycles. The first-order valence-electron chi connectivity index (χ1n) is 6.18. The third-order valence-corrected chi connectivity index (χ3v) is 3.17. The van der Waals surface area contributed by atoms with Crippen LogP contribution in [0.3, 0.4) is 0 Å². The lowest BCUT2D eigenvalue weighted by molar-refractivity contribution is -0.118. The van der Waals surface area contributed by atoms with Gasteiger partial charge >= 0.3 is 0 Å². The second-order valence-electron chi connectivity index (χ2n) is 4.42. The maximum Gasteiger partial charge on any atom is 0.262 e. The number of benzene rings is 1. The van der Waals surface area contributed by atoms with Crippen molar-refractivity contribution in [2.24, 2.45) is 0 Å². The van der Waals surface area contributed by atoms with E-state index in [-0.39, 0.29) is 18.4 Å². The molecule has 6 nitrogen and oxygen atoms in total. The van der Waals surface area contributed by atoms with Crippen molar-refractivity contribution in [3.05, 3.63) is 23.8 Å². The van der Waals surface area contributed by atoms with Crippen LogP contribution < -0.4 is 10.1 Å². The van der Waals surface area contributed by atoms with Gasteiger partial charge < -0.3 is 19.7 Å². The van der Waals surface area contributed by atoms with E-state index >= 15 is 0 Å². The summed E-state index contributed by atoms with van der Waals surface area (Å²) < 4.78 is 10.6. The summed E-state index contributed by atoms with van der Waals surface area (Å²) in [6.07, 6.45) is 0. The summed E-state index contributed by atoms with van der Waals surface area (Å²) >= 11 is 0. The van der Waals surface area contributed by atoms with Crippen LogP contribution >= 0.6 is 0 Å². The normalized spacial score (nSPS) is 18.3. The number of nitrogens with zero attached hydrogens (tertiary/aromatic N) is 1. The Labute approximate surface area is 110 Å². The Morgan fingerprint density at radius 1 is 1.26 bits per heavy atom. The molecule has 0 bridgehead atoms. The quantitative estimate of drug-likeness (QED) is 0.799. The van der Waals surface area contributed by atoms with Crippen LogP contribution in [-0.4, -0.2) is 49.6 Å². The summed E-state index contributed by atoms with van der Waals surface area (Å²) in [6.45, 7) is 2.21. The maximum absolute atomic E-state index is 12.4. The lowest BCUT2D eigenvalue weighted by atomic mass is 10.1. The van der Waals surface area contributed by atoms with Gasteiger partial charge in [0.05, 0.1) is 24.5 Å². The SMILES string of the molecule is O=C1COc2c(cccc2C(=O)N2CCOCC2)N1. The monoisotopic (exact) mass is 262 g/mol. The molecule has 2 amide bonds. The predicted molar refractivity (Wildman–Crippen MR) is 67.3 cm³/mol. The number of fused-ring (bicyclic) bond motifs is 1. The van der Waals surface area contributed by atoms with Crippen molar-refractivity contribution in [1.82, 2.24) is 4.90 Å². The molecule has 0 aromatic heterocycles. The number of rotatable bonds is 1. The van der Waals surface area contributed by atoms with Crippen molar-refractivity contribution >= 4 is 17.5 Å². The van der Waals surface area contributed by atoms with Crippen molar-refractivity contribution in [1.29, 1.82) is 0 Å². The fraction of sp³-hybridized carbons (Fsp3) is 0.385. The van der Waals surface area contributed by atoms with Crippen molar-refractivity contribution in [2.45, 2.75) is 0 Å². The Morgan fingerprint density at radius 2 is 2.05 bits per heavy atom. The minimum absolute atomic E-state index is 0.0552. The Kier molecular flexibility index (Phi) is 3.08. The highest BCUT2D eigenvalue weighted by Gasteiger charge is 2.26. The first kappa shape index (κ1) is 12.0. The van der Waals surface area contributed by atoms with Gasteiger partial charge in [0.1, 0.15) is 0 Å². The summed E-state index contributed by atoms with van der Waals surface area (Å²) in [6, 6.07) is 5.18. The Balaban J connectivity index is 1.90. The maximum atomic E-state index is 12.4.